The standard InChI is InChI=1S/C48H53F5N4O14/c49-37-38(50)40(52)44(41(53)39(37)51)71-36(59)17-10-19-54-45(60)42(56-47(62)69-30-33-13-6-2-7-14-33)43(57-48(63)70-31-34-15-8-3-9-16-34)46(61)55-20-22-65-24-26-67-28-27-66-25-23-64-21-18-35(58)68-29-32-11-4-1-5-12-32/h1-9,11-16,42-43H,10,17-31H2,(H,54,60)(H,55,61)(H,56,62)(H,57,63)/t42-,43-/m1/s1. The van der Waals surface area contributed by atoms with Crippen LogP contribution in [0.15, 0.2) is 91.0 Å². The van der Waals surface area contributed by atoms with Crippen molar-refractivity contribution in [3.05, 3.63) is 137 Å². The van der Waals surface area contributed by atoms with Gasteiger partial charge >= 0.3 is 24.1 Å². The third-order valence-corrected chi connectivity index (χ3v) is 9.47. The minimum Gasteiger partial charge on any atom is -0.461 e. The number of alkyl carbamates (subject to hydrolysis) is 2. The number of carbonyl (C=O) groups excluding carboxylic acids is 6. The third kappa shape index (κ3) is 21.1. The summed E-state index contributed by atoms with van der Waals surface area (Å²) in [7, 11) is 0. The van der Waals surface area contributed by atoms with E-state index in [2.05, 4.69) is 26.0 Å². The van der Waals surface area contributed by atoms with Crippen LogP contribution in [0.25, 0.3) is 0 Å². The molecule has 71 heavy (non-hydrogen) atoms. The van der Waals surface area contributed by atoms with Crippen LogP contribution >= 0.6 is 0 Å². The highest BCUT2D eigenvalue weighted by Gasteiger charge is 2.37. The fourth-order valence-electron chi connectivity index (χ4n) is 5.86. The van der Waals surface area contributed by atoms with Crippen molar-refractivity contribution >= 4 is 35.9 Å². The first-order valence-electron chi connectivity index (χ1n) is 22.1. The maximum absolute atomic E-state index is 14.1. The van der Waals surface area contributed by atoms with Gasteiger partial charge in [0.2, 0.25) is 46.6 Å². The van der Waals surface area contributed by atoms with Gasteiger partial charge < -0.3 is 59.2 Å². The van der Waals surface area contributed by atoms with Gasteiger partial charge in [-0.3, -0.25) is 19.2 Å². The molecule has 0 unspecified atom stereocenters. The molecule has 0 aromatic heterocycles. The van der Waals surface area contributed by atoms with Crippen LogP contribution in [0.1, 0.15) is 36.0 Å². The number of ether oxygens (including phenoxy) is 8. The molecule has 0 aliphatic carbocycles. The zero-order chi connectivity index (χ0) is 51.2. The second-order valence-electron chi connectivity index (χ2n) is 14.8. The Morgan fingerprint density at radius 2 is 0.803 bits per heavy atom. The number of esters is 2. The van der Waals surface area contributed by atoms with Gasteiger partial charge in [0.25, 0.3) is 0 Å². The highest BCUT2D eigenvalue weighted by molar-refractivity contribution is 5.96. The van der Waals surface area contributed by atoms with E-state index in [9.17, 15) is 50.7 Å². The molecule has 0 saturated carbocycles. The number of benzene rings is 4. The Morgan fingerprint density at radius 3 is 1.25 bits per heavy atom. The monoisotopic (exact) mass is 1000 g/mol. The van der Waals surface area contributed by atoms with E-state index in [-0.39, 0.29) is 98.0 Å². The first-order valence-corrected chi connectivity index (χ1v) is 22.1. The van der Waals surface area contributed by atoms with Gasteiger partial charge in [-0.15, -0.1) is 0 Å². The highest BCUT2D eigenvalue weighted by Crippen LogP contribution is 2.29. The summed E-state index contributed by atoms with van der Waals surface area (Å²) in [6.07, 6.45) is -3.35. The van der Waals surface area contributed by atoms with Gasteiger partial charge in [0.1, 0.15) is 31.9 Å². The summed E-state index contributed by atoms with van der Waals surface area (Å²) in [5, 5.41) is 9.40. The summed E-state index contributed by atoms with van der Waals surface area (Å²) < 4.78 is 111. The third-order valence-electron chi connectivity index (χ3n) is 9.47. The first-order chi connectivity index (χ1) is 34.3. The second kappa shape index (κ2) is 31.8. The van der Waals surface area contributed by atoms with Gasteiger partial charge in [-0.25, -0.2) is 22.8 Å². The molecule has 0 radical (unpaired) electrons. The van der Waals surface area contributed by atoms with Crippen molar-refractivity contribution in [1.29, 1.82) is 0 Å². The number of carbonyl (C=O) groups is 6. The van der Waals surface area contributed by atoms with E-state index >= 15 is 0 Å². The Hall–Kier alpha value is -7.21. The highest BCUT2D eigenvalue weighted by atomic mass is 19.2. The summed E-state index contributed by atoms with van der Waals surface area (Å²) >= 11 is 0. The van der Waals surface area contributed by atoms with Gasteiger partial charge in [0.15, 0.2) is 0 Å². The van der Waals surface area contributed by atoms with Crippen molar-refractivity contribution < 1.29 is 88.6 Å². The minimum absolute atomic E-state index is 0.0710. The molecule has 384 valence electrons. The minimum atomic E-state index is -2.46. The number of halogens is 5. The lowest BCUT2D eigenvalue weighted by Crippen LogP contribution is -2.64. The van der Waals surface area contributed by atoms with E-state index in [1.165, 1.54) is 0 Å². The Kier molecular flexibility index (Phi) is 25.3. The molecule has 0 bridgehead atoms. The molecule has 0 heterocycles. The fraction of sp³-hybridized carbons (Fsp3) is 0.375. The van der Waals surface area contributed by atoms with Crippen LogP contribution in [-0.2, 0) is 72.2 Å². The largest absolute Gasteiger partial charge is 0.461 e. The molecule has 0 spiro atoms. The topological polar surface area (TPSA) is 224 Å². The van der Waals surface area contributed by atoms with Gasteiger partial charge in [-0.1, -0.05) is 91.0 Å². The maximum Gasteiger partial charge on any atom is 0.408 e. The zero-order valence-corrected chi connectivity index (χ0v) is 38.2. The normalized spacial score (nSPS) is 11.7. The SMILES string of the molecule is O=C(CCOCCOCCOCCOCCNC(=O)[C@H](NC(=O)OCc1ccccc1)[C@@H](NC(=O)OCc1ccccc1)C(=O)NCCCC(=O)Oc1c(F)c(F)c(F)c(F)c1F)OCc1ccccc1. The van der Waals surface area contributed by atoms with E-state index in [1.807, 2.05) is 30.3 Å². The zero-order valence-electron chi connectivity index (χ0n) is 38.2. The van der Waals surface area contributed by atoms with Gasteiger partial charge in [-0.2, -0.15) is 8.78 Å². The van der Waals surface area contributed by atoms with Crippen molar-refractivity contribution in [3.63, 3.8) is 0 Å². The van der Waals surface area contributed by atoms with Crippen molar-refractivity contribution in [2.24, 2.45) is 0 Å². The average molecular weight is 1000 g/mol. The Labute approximate surface area is 404 Å². The average Bonchev–Trinajstić information content (AvgIpc) is 3.38. The Balaban J connectivity index is 1.25. The summed E-state index contributed by atoms with van der Waals surface area (Å²) in [6, 6.07) is 22.3. The van der Waals surface area contributed by atoms with Crippen LogP contribution < -0.4 is 26.0 Å². The van der Waals surface area contributed by atoms with E-state index in [0.717, 1.165) is 5.56 Å². The van der Waals surface area contributed by atoms with Gasteiger partial charge in [0.05, 0.1) is 59.3 Å². The lowest BCUT2D eigenvalue weighted by molar-refractivity contribution is -0.146. The number of hydrogen-bond donors (Lipinski definition) is 4. The van der Waals surface area contributed by atoms with Crippen molar-refractivity contribution in [2.75, 3.05) is 65.9 Å². The number of nitrogens with one attached hydrogen (secondary N) is 4. The summed E-state index contributed by atoms with van der Waals surface area (Å²) in [5.41, 5.74) is 2.02. The molecule has 0 aliphatic rings. The van der Waals surface area contributed by atoms with E-state index in [1.54, 1.807) is 60.7 Å². The maximum atomic E-state index is 14.1. The first kappa shape index (κ1) is 56.4. The fourth-order valence-corrected chi connectivity index (χ4v) is 5.86. The lowest BCUT2D eigenvalue weighted by atomic mass is 10.1. The molecule has 18 nitrogen and oxygen atoms in total. The molecule has 4 N–H and O–H groups in total. The quantitative estimate of drug-likeness (QED) is 0.00981. The Bertz CT molecular complexity index is 2280. The van der Waals surface area contributed by atoms with Gasteiger partial charge in [-0.05, 0) is 23.1 Å². The second-order valence-corrected chi connectivity index (χ2v) is 14.8. The number of rotatable bonds is 31. The molecule has 0 aliphatic heterocycles. The summed E-state index contributed by atoms with van der Waals surface area (Å²) in [5.74, 6) is -17.6. The van der Waals surface area contributed by atoms with Crippen molar-refractivity contribution in [3.8, 4) is 5.75 Å². The molecule has 0 fully saturated rings. The molecule has 4 rings (SSSR count). The molecule has 4 aromatic rings. The van der Waals surface area contributed by atoms with Crippen LogP contribution in [0, 0.1) is 29.1 Å². The molecule has 23 heteroatoms. The summed E-state index contributed by atoms with van der Waals surface area (Å²) in [4.78, 5) is 77.8. The lowest BCUT2D eigenvalue weighted by Gasteiger charge is -2.27. The molecular formula is C48H53F5N4O14. The molecule has 4 aromatic carbocycles. The molecule has 2 atom stereocenters. The smallest absolute Gasteiger partial charge is 0.408 e. The number of amides is 4. The van der Waals surface area contributed by atoms with Crippen LogP contribution in [0.2, 0.25) is 0 Å². The van der Waals surface area contributed by atoms with Crippen molar-refractivity contribution in [1.82, 2.24) is 21.3 Å². The van der Waals surface area contributed by atoms with E-state index < -0.39 is 89.9 Å². The van der Waals surface area contributed by atoms with Crippen LogP contribution in [0.4, 0.5) is 31.5 Å². The molecular weight excluding hydrogens is 952 g/mol. The number of hydrogen-bond acceptors (Lipinski definition) is 14. The predicted molar refractivity (Wildman–Crippen MR) is 238 cm³/mol. The van der Waals surface area contributed by atoms with E-state index in [0.29, 0.717) is 11.1 Å². The predicted octanol–water partition coefficient (Wildman–Crippen LogP) is 5.09. The van der Waals surface area contributed by atoms with Crippen LogP contribution in [0.5, 0.6) is 5.75 Å². The molecule has 0 saturated heterocycles. The van der Waals surface area contributed by atoms with Crippen LogP contribution in [-0.4, -0.2) is 114 Å². The Morgan fingerprint density at radius 1 is 0.423 bits per heavy atom. The van der Waals surface area contributed by atoms with E-state index in [4.69, 9.17) is 33.2 Å². The summed E-state index contributed by atoms with van der Waals surface area (Å²) in [6.45, 7) is 0.427. The van der Waals surface area contributed by atoms with Crippen LogP contribution in [0.3, 0.4) is 0 Å². The van der Waals surface area contributed by atoms with Gasteiger partial charge in [0, 0.05) is 19.5 Å². The molecule has 4 amide bonds. The van der Waals surface area contributed by atoms with Crippen molar-refractivity contribution in [2.45, 2.75) is 51.2 Å².